The lowest BCUT2D eigenvalue weighted by atomic mass is 9.97. The van der Waals surface area contributed by atoms with Gasteiger partial charge in [-0.25, -0.2) is 0 Å². The zero-order valence-corrected chi connectivity index (χ0v) is 14.9. The first-order chi connectivity index (χ1) is 11.4. The van der Waals surface area contributed by atoms with Crippen LogP contribution in [-0.4, -0.2) is 47.6 Å². The molecule has 2 N–H and O–H groups in total. The second kappa shape index (κ2) is 14.0. The van der Waals surface area contributed by atoms with Crippen molar-refractivity contribution >= 4 is 11.9 Å². The van der Waals surface area contributed by atoms with E-state index in [9.17, 15) is 14.7 Å². The van der Waals surface area contributed by atoms with E-state index in [0.717, 1.165) is 32.1 Å². The molecule has 3 unspecified atom stereocenters. The van der Waals surface area contributed by atoms with Crippen LogP contribution in [0.3, 0.4) is 0 Å². The number of ether oxygens (including phenoxy) is 2. The van der Waals surface area contributed by atoms with Crippen molar-refractivity contribution in [2.75, 3.05) is 13.2 Å². The van der Waals surface area contributed by atoms with Crippen molar-refractivity contribution in [1.82, 2.24) is 0 Å². The molecule has 3 atom stereocenters. The van der Waals surface area contributed by atoms with Gasteiger partial charge in [0.15, 0.2) is 0 Å². The van der Waals surface area contributed by atoms with Gasteiger partial charge in [0.25, 0.3) is 0 Å². The summed E-state index contributed by atoms with van der Waals surface area (Å²) in [5, 5.41) is 18.3. The molecule has 0 aliphatic carbocycles. The molecule has 0 rings (SSSR count). The Morgan fingerprint density at radius 2 is 1.58 bits per heavy atom. The molecule has 0 aliphatic heterocycles. The third kappa shape index (κ3) is 13.1. The second-order valence-electron chi connectivity index (χ2n) is 6.19. The van der Waals surface area contributed by atoms with Crippen LogP contribution >= 0.6 is 0 Å². The molecular weight excluding hydrogens is 312 g/mol. The first-order valence-corrected chi connectivity index (χ1v) is 8.66. The van der Waals surface area contributed by atoms with Gasteiger partial charge in [0.1, 0.15) is 13.2 Å². The van der Waals surface area contributed by atoms with Crippen LogP contribution in [0, 0.1) is 5.92 Å². The van der Waals surface area contributed by atoms with E-state index in [0.29, 0.717) is 6.42 Å². The minimum atomic E-state index is -0.740. The van der Waals surface area contributed by atoms with Gasteiger partial charge in [0, 0.05) is 0 Å². The molecule has 0 fully saturated rings. The third-order valence-corrected chi connectivity index (χ3v) is 3.41. The summed E-state index contributed by atoms with van der Waals surface area (Å²) in [5.41, 5.74) is 0. The summed E-state index contributed by atoms with van der Waals surface area (Å²) in [4.78, 5) is 23.9. The highest BCUT2D eigenvalue weighted by atomic mass is 16.5. The number of aliphatic hydroxyl groups excluding tert-OH is 2. The van der Waals surface area contributed by atoms with Crippen LogP contribution in [0.4, 0.5) is 0 Å². The molecule has 0 saturated heterocycles. The van der Waals surface area contributed by atoms with Crippen LogP contribution < -0.4 is 0 Å². The van der Waals surface area contributed by atoms with Crippen LogP contribution in [0.1, 0.15) is 58.8 Å². The fourth-order valence-corrected chi connectivity index (χ4v) is 2.13. The molecule has 0 radical (unpaired) electrons. The highest BCUT2D eigenvalue weighted by Crippen LogP contribution is 2.18. The van der Waals surface area contributed by atoms with Gasteiger partial charge in [0.05, 0.1) is 24.5 Å². The monoisotopic (exact) mass is 344 g/mol. The van der Waals surface area contributed by atoms with E-state index in [1.165, 1.54) is 13.8 Å². The standard InChI is InChI=1S/C18H32O6/c1-4-5-6-7-8-9-10-16(18(22)24-13-15(3)20)11-17(21)23-12-14(2)19/h4,14-16,19-20H,1,5-13H2,2-3H3. The highest BCUT2D eigenvalue weighted by molar-refractivity contribution is 5.79. The number of hydrogen-bond acceptors (Lipinski definition) is 6. The molecule has 6 heteroatoms. The molecule has 0 saturated carbocycles. The Bertz CT molecular complexity index is 365. The van der Waals surface area contributed by atoms with Crippen molar-refractivity contribution in [3.8, 4) is 0 Å². The van der Waals surface area contributed by atoms with Crippen molar-refractivity contribution in [3.05, 3.63) is 12.7 Å². The van der Waals surface area contributed by atoms with E-state index in [1.54, 1.807) is 0 Å². The number of carbonyl (C=O) groups excluding carboxylic acids is 2. The van der Waals surface area contributed by atoms with Gasteiger partial charge < -0.3 is 19.7 Å². The van der Waals surface area contributed by atoms with E-state index in [1.807, 2.05) is 6.08 Å². The van der Waals surface area contributed by atoms with Gasteiger partial charge in [-0.2, -0.15) is 0 Å². The minimum absolute atomic E-state index is 0.0714. The summed E-state index contributed by atoms with van der Waals surface area (Å²) in [6.07, 6.45) is 5.75. The maximum atomic E-state index is 12.1. The first kappa shape index (κ1) is 22.6. The third-order valence-electron chi connectivity index (χ3n) is 3.41. The van der Waals surface area contributed by atoms with Crippen molar-refractivity contribution in [3.63, 3.8) is 0 Å². The summed E-state index contributed by atoms with van der Waals surface area (Å²) >= 11 is 0. The zero-order chi connectivity index (χ0) is 18.4. The number of carbonyl (C=O) groups is 2. The van der Waals surface area contributed by atoms with Gasteiger partial charge in [-0.05, 0) is 33.1 Å². The summed E-state index contributed by atoms with van der Waals surface area (Å²) in [6, 6.07) is 0. The lowest BCUT2D eigenvalue weighted by molar-refractivity contribution is -0.158. The van der Waals surface area contributed by atoms with Crippen molar-refractivity contribution in [2.24, 2.45) is 5.92 Å². The molecule has 0 amide bonds. The number of allylic oxidation sites excluding steroid dienone is 1. The summed E-state index contributed by atoms with van der Waals surface area (Å²) < 4.78 is 9.94. The fraction of sp³-hybridized carbons (Fsp3) is 0.778. The van der Waals surface area contributed by atoms with E-state index >= 15 is 0 Å². The zero-order valence-electron chi connectivity index (χ0n) is 14.9. The highest BCUT2D eigenvalue weighted by Gasteiger charge is 2.24. The van der Waals surface area contributed by atoms with E-state index < -0.39 is 30.1 Å². The van der Waals surface area contributed by atoms with Gasteiger partial charge >= 0.3 is 11.9 Å². The molecule has 0 bridgehead atoms. The van der Waals surface area contributed by atoms with Crippen LogP contribution in [0.25, 0.3) is 0 Å². The van der Waals surface area contributed by atoms with Gasteiger partial charge in [0.2, 0.25) is 0 Å². The quantitative estimate of drug-likeness (QED) is 0.285. The number of rotatable bonds is 14. The molecular formula is C18H32O6. The number of aliphatic hydroxyl groups is 2. The van der Waals surface area contributed by atoms with Crippen molar-refractivity contribution in [1.29, 1.82) is 0 Å². The van der Waals surface area contributed by atoms with Crippen LogP contribution in [0.15, 0.2) is 12.7 Å². The van der Waals surface area contributed by atoms with E-state index in [4.69, 9.17) is 14.6 Å². The summed E-state index contributed by atoms with van der Waals surface area (Å²) in [5.74, 6) is -1.60. The Kier molecular flexibility index (Phi) is 13.2. The smallest absolute Gasteiger partial charge is 0.309 e. The molecule has 0 aliphatic rings. The lowest BCUT2D eigenvalue weighted by Gasteiger charge is -2.16. The maximum absolute atomic E-state index is 12.1. The van der Waals surface area contributed by atoms with Gasteiger partial charge in [-0.15, -0.1) is 6.58 Å². The molecule has 0 aromatic carbocycles. The summed E-state index contributed by atoms with van der Waals surface area (Å²) in [6.45, 7) is 6.55. The second-order valence-corrected chi connectivity index (χ2v) is 6.19. The minimum Gasteiger partial charge on any atom is -0.463 e. The molecule has 140 valence electrons. The molecule has 0 aromatic heterocycles. The maximum Gasteiger partial charge on any atom is 0.309 e. The topological polar surface area (TPSA) is 93.1 Å². The van der Waals surface area contributed by atoms with Crippen molar-refractivity contribution in [2.45, 2.75) is 71.0 Å². The molecule has 24 heavy (non-hydrogen) atoms. The molecule has 0 heterocycles. The van der Waals surface area contributed by atoms with E-state index in [-0.39, 0.29) is 19.6 Å². The lowest BCUT2D eigenvalue weighted by Crippen LogP contribution is -2.26. The van der Waals surface area contributed by atoms with E-state index in [2.05, 4.69) is 6.58 Å². The van der Waals surface area contributed by atoms with Gasteiger partial charge in [-0.1, -0.05) is 25.3 Å². The average Bonchev–Trinajstić information content (AvgIpc) is 2.52. The predicted molar refractivity (Wildman–Crippen MR) is 91.3 cm³/mol. The SMILES string of the molecule is C=CCCCCCCC(CC(=O)OCC(C)O)C(=O)OCC(C)O. The van der Waals surface area contributed by atoms with Crippen molar-refractivity contribution < 1.29 is 29.3 Å². The Morgan fingerprint density at radius 3 is 2.17 bits per heavy atom. The first-order valence-electron chi connectivity index (χ1n) is 8.66. The van der Waals surface area contributed by atoms with Crippen LogP contribution in [0.5, 0.6) is 0 Å². The Hall–Kier alpha value is -1.40. The Labute approximate surface area is 144 Å². The number of unbranched alkanes of at least 4 members (excludes halogenated alkanes) is 4. The van der Waals surface area contributed by atoms with Crippen LogP contribution in [-0.2, 0) is 19.1 Å². The fourth-order valence-electron chi connectivity index (χ4n) is 2.13. The number of hydrogen-bond donors (Lipinski definition) is 2. The molecule has 0 spiro atoms. The molecule has 0 aromatic rings. The normalized spacial score (nSPS) is 14.5. The largest absolute Gasteiger partial charge is 0.463 e. The number of esters is 2. The Morgan fingerprint density at radius 1 is 1.00 bits per heavy atom. The Balaban J connectivity index is 4.34. The average molecular weight is 344 g/mol. The predicted octanol–water partition coefficient (Wildman–Crippen LogP) is 2.37. The molecule has 6 nitrogen and oxygen atoms in total. The van der Waals surface area contributed by atoms with Crippen LogP contribution in [0.2, 0.25) is 0 Å². The van der Waals surface area contributed by atoms with Gasteiger partial charge in [-0.3, -0.25) is 9.59 Å². The summed E-state index contributed by atoms with van der Waals surface area (Å²) in [7, 11) is 0.